The van der Waals surface area contributed by atoms with Crippen LogP contribution in [0.25, 0.3) is 76.8 Å². The van der Waals surface area contributed by atoms with Crippen molar-refractivity contribution in [2.75, 3.05) is 9.80 Å². The Morgan fingerprint density at radius 2 is 0.433 bits per heavy atom. The van der Waals surface area contributed by atoms with E-state index in [0.29, 0.717) is 33.6 Å². The number of anilines is 6. The normalized spacial score (nSPS) is 12.4. The fraction of sp³-hybridized carbons (Fsp3) is 0.200. The minimum absolute atomic E-state index is 0.213. The van der Waals surface area contributed by atoms with Crippen LogP contribution in [0.3, 0.4) is 0 Å². The van der Waals surface area contributed by atoms with Gasteiger partial charge in [0.2, 0.25) is 0 Å². The van der Waals surface area contributed by atoms with Crippen LogP contribution in [-0.2, 0) is 21.7 Å². The molecule has 12 aromatic rings. The van der Waals surface area contributed by atoms with Crippen molar-refractivity contribution in [2.24, 2.45) is 0 Å². The summed E-state index contributed by atoms with van der Waals surface area (Å²) in [6.07, 6.45) is 0. The van der Waals surface area contributed by atoms with Gasteiger partial charge in [0.25, 0.3) is 0 Å². The van der Waals surface area contributed by atoms with Gasteiger partial charge in [-0.25, -0.2) is 35.1 Å². The molecule has 90 heavy (non-hydrogen) atoms. The van der Waals surface area contributed by atoms with Crippen LogP contribution in [0.2, 0.25) is 0 Å². The van der Waals surface area contributed by atoms with E-state index in [0.717, 1.165) is 102 Å². The molecule has 454 valence electrons. The monoisotopic (exact) mass is 1210 g/mol. The minimum atomic E-state index is -0.795. The predicted molar refractivity (Wildman–Crippen MR) is 356 cm³/mol. The summed E-state index contributed by atoms with van der Waals surface area (Å²) in [5.74, 6) is -6.36. The average Bonchev–Trinajstić information content (AvgIpc) is 0.729. The van der Waals surface area contributed by atoms with Crippen LogP contribution in [0.5, 0.6) is 0 Å². The first-order valence-electron chi connectivity index (χ1n) is 30.1. The van der Waals surface area contributed by atoms with Gasteiger partial charge >= 0.3 is 0 Å². The molecule has 0 saturated carbocycles. The molecule has 0 atom stereocenters. The second kappa shape index (κ2) is 22.3. The van der Waals surface area contributed by atoms with Crippen molar-refractivity contribution >= 4 is 66.4 Å². The molecule has 0 bridgehead atoms. The lowest BCUT2D eigenvalue weighted by molar-refractivity contribution is 0.568. The molecule has 0 aliphatic rings. The Hall–Kier alpha value is -9.28. The Balaban J connectivity index is 1.19. The molecule has 0 aliphatic heterocycles. The summed E-state index contributed by atoms with van der Waals surface area (Å²) in [4.78, 5) is 4.23. The van der Waals surface area contributed by atoms with Crippen molar-refractivity contribution in [3.63, 3.8) is 0 Å². The third kappa shape index (κ3) is 12.0. The van der Waals surface area contributed by atoms with E-state index in [1.54, 1.807) is 12.1 Å². The highest BCUT2D eigenvalue weighted by Gasteiger charge is 2.30. The summed E-state index contributed by atoms with van der Waals surface area (Å²) < 4.78 is 123. The van der Waals surface area contributed by atoms with Crippen LogP contribution in [0.4, 0.5) is 69.2 Å². The smallest absolute Gasteiger partial charge is 0.126 e. The standard InChI is InChI=1S/C80H68F8N2/c1-77(2,3)55-35-56(78(4,5)6)38-69(37-55)89(67-31-47(51-23-59(81)41-60(82)24-51)21-48(32-67)52-25-61(83)42-62(84)26-52)73-19-15-45-14-18-72-74(20-16-46-13-17-71(73)75(45)76(46)72)90(70-39-57(79(7,8)9)36-58(40-70)80(10,11)12)68-33-49(53-27-63(85)43-64(86)28-53)22-50(34-68)54-29-65(87)44-66(88)30-54/h13-44H,1-12H3. The van der Waals surface area contributed by atoms with E-state index in [-0.39, 0.29) is 43.9 Å². The largest absolute Gasteiger partial charge is 0.310 e. The maximum atomic E-state index is 15.3. The Kier molecular flexibility index (Phi) is 15.1. The highest BCUT2D eigenvalue weighted by Crippen LogP contribution is 2.51. The Labute approximate surface area is 521 Å². The maximum absolute atomic E-state index is 15.3. The fourth-order valence-corrected chi connectivity index (χ4v) is 12.3. The molecule has 0 N–H and O–H groups in total. The van der Waals surface area contributed by atoms with Crippen LogP contribution in [0.15, 0.2) is 194 Å². The summed E-state index contributed by atoms with van der Waals surface area (Å²) in [5.41, 5.74) is 9.20. The number of benzene rings is 12. The van der Waals surface area contributed by atoms with Gasteiger partial charge < -0.3 is 9.80 Å². The number of rotatable bonds is 10. The lowest BCUT2D eigenvalue weighted by Crippen LogP contribution is -2.19. The molecular formula is C80H68F8N2. The van der Waals surface area contributed by atoms with Crippen molar-refractivity contribution in [3.8, 4) is 44.5 Å². The van der Waals surface area contributed by atoms with Gasteiger partial charge in [-0.1, -0.05) is 132 Å². The van der Waals surface area contributed by atoms with Crippen molar-refractivity contribution in [1.29, 1.82) is 0 Å². The number of halogens is 8. The minimum Gasteiger partial charge on any atom is -0.310 e. The first-order valence-corrected chi connectivity index (χ1v) is 30.1. The van der Waals surface area contributed by atoms with Gasteiger partial charge in [-0.2, -0.15) is 0 Å². The molecule has 0 unspecified atom stereocenters. The van der Waals surface area contributed by atoms with Crippen molar-refractivity contribution in [2.45, 2.75) is 105 Å². The summed E-state index contributed by atoms with van der Waals surface area (Å²) in [6.45, 7) is 25.8. The molecule has 0 spiro atoms. The average molecular weight is 1210 g/mol. The molecule has 2 nitrogen and oxygen atoms in total. The van der Waals surface area contributed by atoms with E-state index in [2.05, 4.69) is 178 Å². The van der Waals surface area contributed by atoms with Gasteiger partial charge in [-0.15, -0.1) is 0 Å². The second-order valence-electron chi connectivity index (χ2n) is 28.0. The lowest BCUT2D eigenvalue weighted by atomic mass is 9.80. The Morgan fingerprint density at radius 3 is 0.667 bits per heavy atom. The zero-order valence-corrected chi connectivity index (χ0v) is 52.4. The van der Waals surface area contributed by atoms with Crippen LogP contribution < -0.4 is 9.80 Å². The van der Waals surface area contributed by atoms with Gasteiger partial charge in [0.15, 0.2) is 0 Å². The Bertz CT molecular complexity index is 4230. The number of nitrogens with zero attached hydrogens (tertiary/aromatic N) is 2. The van der Waals surface area contributed by atoms with Crippen LogP contribution in [-0.4, -0.2) is 0 Å². The van der Waals surface area contributed by atoms with Crippen LogP contribution in [0.1, 0.15) is 105 Å². The second-order valence-corrected chi connectivity index (χ2v) is 28.0. The zero-order valence-electron chi connectivity index (χ0n) is 52.4. The van der Waals surface area contributed by atoms with E-state index >= 15 is 35.1 Å². The van der Waals surface area contributed by atoms with E-state index in [4.69, 9.17) is 0 Å². The SMILES string of the molecule is CC(C)(C)c1cc(N(c2cc(-c3cc(F)cc(F)c3)cc(-c3cc(F)cc(F)c3)c2)c2ccc3ccc4c(N(c5cc(-c6cc(F)cc(F)c6)cc(-c6cc(F)cc(F)c6)c5)c5cc(C(C)(C)C)cc(C(C)(C)C)c5)ccc5ccc2c3c54)cc(C(C)(C)C)c1. The molecule has 0 heterocycles. The van der Waals surface area contributed by atoms with Crippen molar-refractivity contribution in [1.82, 2.24) is 0 Å². The Morgan fingerprint density at radius 1 is 0.222 bits per heavy atom. The number of hydrogen-bond acceptors (Lipinski definition) is 2. The lowest BCUT2D eigenvalue weighted by Gasteiger charge is -2.33. The topological polar surface area (TPSA) is 6.48 Å². The van der Waals surface area contributed by atoms with Gasteiger partial charge in [-0.05, 0) is 231 Å². The molecule has 10 heteroatoms. The third-order valence-electron chi connectivity index (χ3n) is 17.1. The molecule has 12 rings (SSSR count). The molecule has 0 radical (unpaired) electrons. The van der Waals surface area contributed by atoms with E-state index in [9.17, 15) is 0 Å². The highest BCUT2D eigenvalue weighted by atomic mass is 19.2. The first-order chi connectivity index (χ1) is 42.3. The van der Waals surface area contributed by atoms with Crippen LogP contribution in [0, 0.1) is 46.5 Å². The summed E-state index contributed by atoms with van der Waals surface area (Å²) in [6, 6.07) is 53.4. The molecule has 12 aromatic carbocycles. The fourth-order valence-electron chi connectivity index (χ4n) is 12.3. The van der Waals surface area contributed by atoms with Gasteiger partial charge in [0, 0.05) is 57.8 Å². The first kappa shape index (κ1) is 61.0. The third-order valence-corrected chi connectivity index (χ3v) is 17.1. The van der Waals surface area contributed by atoms with E-state index < -0.39 is 46.5 Å². The van der Waals surface area contributed by atoms with Crippen molar-refractivity contribution in [3.05, 3.63) is 263 Å². The quantitative estimate of drug-likeness (QED) is 0.0995. The molecule has 0 aromatic heterocycles. The predicted octanol–water partition coefficient (Wildman–Crippen LogP) is 24.5. The van der Waals surface area contributed by atoms with Gasteiger partial charge in [0.05, 0.1) is 11.4 Å². The summed E-state index contributed by atoms with van der Waals surface area (Å²) in [7, 11) is 0. The highest BCUT2D eigenvalue weighted by molar-refractivity contribution is 6.28. The molecule has 0 fully saturated rings. The summed E-state index contributed by atoms with van der Waals surface area (Å²) >= 11 is 0. The zero-order chi connectivity index (χ0) is 64.3. The molecular weight excluding hydrogens is 1140 g/mol. The number of hydrogen-bond donors (Lipinski definition) is 0. The maximum Gasteiger partial charge on any atom is 0.126 e. The molecule has 0 aliphatic carbocycles. The molecule has 0 saturated heterocycles. The van der Waals surface area contributed by atoms with E-state index in [1.165, 1.54) is 48.5 Å². The van der Waals surface area contributed by atoms with Crippen molar-refractivity contribution < 1.29 is 35.1 Å². The molecule has 0 amide bonds. The van der Waals surface area contributed by atoms with Crippen LogP contribution >= 0.6 is 0 Å². The van der Waals surface area contributed by atoms with Gasteiger partial charge in [0.1, 0.15) is 46.5 Å². The summed E-state index contributed by atoms with van der Waals surface area (Å²) in [5, 5.41) is 5.25. The van der Waals surface area contributed by atoms with Gasteiger partial charge in [-0.3, -0.25) is 0 Å². The van der Waals surface area contributed by atoms with E-state index in [1.807, 2.05) is 24.3 Å².